The molecule has 0 radical (unpaired) electrons. The van der Waals surface area contributed by atoms with Crippen molar-refractivity contribution in [3.63, 3.8) is 0 Å². The van der Waals surface area contributed by atoms with Crippen LogP contribution >= 0.6 is 11.8 Å². The third-order valence-electron chi connectivity index (χ3n) is 2.34. The second-order valence-electron chi connectivity index (χ2n) is 3.80. The molecule has 0 fully saturated rings. The fourth-order valence-electron chi connectivity index (χ4n) is 1.46. The molecule has 0 spiro atoms. The monoisotopic (exact) mass is 262 g/mol. The van der Waals surface area contributed by atoms with Crippen LogP contribution in [-0.4, -0.2) is 31.0 Å². The zero-order chi connectivity index (χ0) is 13.4. The SMILES string of the molecule is CSCCNC(=O)c1cc(C)ccc1C#CCN. The number of carbonyl (C=O) groups excluding carboxylic acids is 1. The van der Waals surface area contributed by atoms with Crippen LogP contribution in [0, 0.1) is 18.8 Å². The molecule has 0 saturated carbocycles. The van der Waals surface area contributed by atoms with Crippen LogP contribution in [0.15, 0.2) is 18.2 Å². The molecule has 4 heteroatoms. The predicted molar refractivity (Wildman–Crippen MR) is 77.8 cm³/mol. The molecular weight excluding hydrogens is 244 g/mol. The topological polar surface area (TPSA) is 55.1 Å². The Morgan fingerprint density at radius 1 is 1.50 bits per heavy atom. The summed E-state index contributed by atoms with van der Waals surface area (Å²) in [7, 11) is 0. The van der Waals surface area contributed by atoms with Gasteiger partial charge in [-0.3, -0.25) is 4.79 Å². The van der Waals surface area contributed by atoms with E-state index in [0.717, 1.165) is 16.9 Å². The number of amides is 1. The molecule has 96 valence electrons. The van der Waals surface area contributed by atoms with Crippen molar-refractivity contribution in [2.75, 3.05) is 25.1 Å². The van der Waals surface area contributed by atoms with E-state index in [4.69, 9.17) is 5.73 Å². The molecule has 0 aliphatic rings. The Hall–Kier alpha value is -1.44. The summed E-state index contributed by atoms with van der Waals surface area (Å²) in [6.07, 6.45) is 2.01. The van der Waals surface area contributed by atoms with Gasteiger partial charge < -0.3 is 11.1 Å². The van der Waals surface area contributed by atoms with Crippen LogP contribution in [0.4, 0.5) is 0 Å². The van der Waals surface area contributed by atoms with Crippen molar-refractivity contribution >= 4 is 17.7 Å². The lowest BCUT2D eigenvalue weighted by Crippen LogP contribution is -2.26. The molecule has 0 saturated heterocycles. The molecular formula is C14H18N2OS. The van der Waals surface area contributed by atoms with Crippen LogP contribution in [-0.2, 0) is 0 Å². The Morgan fingerprint density at radius 2 is 2.28 bits per heavy atom. The number of nitrogens with one attached hydrogen (secondary N) is 1. The molecule has 0 bridgehead atoms. The Bertz CT molecular complexity index is 474. The minimum Gasteiger partial charge on any atom is -0.351 e. The Balaban J connectivity index is 2.90. The van der Waals surface area contributed by atoms with E-state index in [1.807, 2.05) is 31.4 Å². The summed E-state index contributed by atoms with van der Waals surface area (Å²) in [5.74, 6) is 6.54. The van der Waals surface area contributed by atoms with Crippen molar-refractivity contribution in [3.05, 3.63) is 34.9 Å². The predicted octanol–water partition coefficient (Wildman–Crippen LogP) is 1.40. The molecule has 0 atom stereocenters. The van der Waals surface area contributed by atoms with Gasteiger partial charge >= 0.3 is 0 Å². The summed E-state index contributed by atoms with van der Waals surface area (Å²) < 4.78 is 0. The fraction of sp³-hybridized carbons (Fsp3) is 0.357. The minimum absolute atomic E-state index is 0.0749. The second kappa shape index (κ2) is 7.80. The first kappa shape index (κ1) is 14.6. The number of carbonyl (C=O) groups is 1. The van der Waals surface area contributed by atoms with E-state index in [2.05, 4.69) is 17.2 Å². The number of hydrogen-bond acceptors (Lipinski definition) is 3. The molecule has 0 aliphatic heterocycles. The van der Waals surface area contributed by atoms with Crippen molar-refractivity contribution < 1.29 is 4.79 Å². The third kappa shape index (κ3) is 4.44. The second-order valence-corrected chi connectivity index (χ2v) is 4.79. The maximum Gasteiger partial charge on any atom is 0.252 e. The lowest BCUT2D eigenvalue weighted by Gasteiger charge is -2.07. The van der Waals surface area contributed by atoms with E-state index in [1.165, 1.54) is 0 Å². The van der Waals surface area contributed by atoms with Crippen molar-refractivity contribution in [1.29, 1.82) is 0 Å². The normalized spacial score (nSPS) is 9.50. The van der Waals surface area contributed by atoms with Gasteiger partial charge in [0.2, 0.25) is 0 Å². The van der Waals surface area contributed by atoms with Crippen molar-refractivity contribution in [3.8, 4) is 11.8 Å². The minimum atomic E-state index is -0.0749. The zero-order valence-electron chi connectivity index (χ0n) is 10.7. The quantitative estimate of drug-likeness (QED) is 0.637. The van der Waals surface area contributed by atoms with Crippen LogP contribution in [0.25, 0.3) is 0 Å². The Labute approximate surface area is 113 Å². The first-order valence-electron chi connectivity index (χ1n) is 5.75. The summed E-state index contributed by atoms with van der Waals surface area (Å²) >= 11 is 1.70. The van der Waals surface area contributed by atoms with E-state index >= 15 is 0 Å². The molecule has 3 nitrogen and oxygen atoms in total. The highest BCUT2D eigenvalue weighted by atomic mass is 32.2. The molecule has 3 N–H and O–H groups in total. The highest BCUT2D eigenvalue weighted by Gasteiger charge is 2.09. The van der Waals surface area contributed by atoms with Crippen LogP contribution in [0.2, 0.25) is 0 Å². The van der Waals surface area contributed by atoms with E-state index in [0.29, 0.717) is 18.7 Å². The largest absolute Gasteiger partial charge is 0.351 e. The van der Waals surface area contributed by atoms with Gasteiger partial charge in [0.15, 0.2) is 0 Å². The van der Waals surface area contributed by atoms with E-state index in [9.17, 15) is 4.79 Å². The van der Waals surface area contributed by atoms with Crippen LogP contribution in [0.3, 0.4) is 0 Å². The lowest BCUT2D eigenvalue weighted by atomic mass is 10.0. The standard InChI is InChI=1S/C14H18N2OS/c1-11-5-6-12(4-3-7-15)13(10-11)14(17)16-8-9-18-2/h5-6,10H,7-9,15H2,1-2H3,(H,16,17). The zero-order valence-corrected chi connectivity index (χ0v) is 11.6. The molecule has 0 unspecified atom stereocenters. The fourth-order valence-corrected chi connectivity index (χ4v) is 1.77. The number of nitrogens with two attached hydrogens (primary N) is 1. The molecule has 1 aromatic rings. The van der Waals surface area contributed by atoms with Gasteiger partial charge in [-0.2, -0.15) is 11.8 Å². The average molecular weight is 262 g/mol. The van der Waals surface area contributed by atoms with Gasteiger partial charge in [-0.05, 0) is 25.3 Å². The van der Waals surface area contributed by atoms with E-state index in [-0.39, 0.29) is 5.91 Å². The third-order valence-corrected chi connectivity index (χ3v) is 2.95. The van der Waals surface area contributed by atoms with Gasteiger partial charge in [0.05, 0.1) is 12.1 Å². The Morgan fingerprint density at radius 3 is 2.94 bits per heavy atom. The van der Waals surface area contributed by atoms with Crippen LogP contribution in [0.5, 0.6) is 0 Å². The first-order chi connectivity index (χ1) is 8.69. The molecule has 18 heavy (non-hydrogen) atoms. The van der Waals surface area contributed by atoms with Gasteiger partial charge in [0, 0.05) is 17.9 Å². The summed E-state index contributed by atoms with van der Waals surface area (Å²) in [6.45, 7) is 2.91. The molecule has 0 heterocycles. The lowest BCUT2D eigenvalue weighted by molar-refractivity contribution is 0.0956. The maximum absolute atomic E-state index is 12.0. The highest BCUT2D eigenvalue weighted by molar-refractivity contribution is 7.98. The summed E-state index contributed by atoms with van der Waals surface area (Å²) in [6, 6.07) is 5.66. The van der Waals surface area contributed by atoms with E-state index in [1.54, 1.807) is 11.8 Å². The number of rotatable bonds is 4. The molecule has 1 aromatic carbocycles. The van der Waals surface area contributed by atoms with Crippen molar-refractivity contribution in [1.82, 2.24) is 5.32 Å². The van der Waals surface area contributed by atoms with Crippen LogP contribution < -0.4 is 11.1 Å². The maximum atomic E-state index is 12.0. The summed E-state index contributed by atoms with van der Waals surface area (Å²) in [4.78, 5) is 12.0. The molecule has 1 rings (SSSR count). The number of hydrogen-bond donors (Lipinski definition) is 2. The number of aryl methyl sites for hydroxylation is 1. The molecule has 0 aromatic heterocycles. The van der Waals surface area contributed by atoms with Crippen molar-refractivity contribution in [2.24, 2.45) is 5.73 Å². The van der Waals surface area contributed by atoms with Gasteiger partial charge in [0.1, 0.15) is 0 Å². The van der Waals surface area contributed by atoms with E-state index < -0.39 is 0 Å². The molecule has 1 amide bonds. The van der Waals surface area contributed by atoms with Gasteiger partial charge in [-0.1, -0.05) is 23.5 Å². The first-order valence-corrected chi connectivity index (χ1v) is 7.15. The van der Waals surface area contributed by atoms with Crippen molar-refractivity contribution in [2.45, 2.75) is 6.92 Å². The van der Waals surface area contributed by atoms with Crippen LogP contribution in [0.1, 0.15) is 21.5 Å². The smallest absolute Gasteiger partial charge is 0.252 e. The molecule has 0 aliphatic carbocycles. The van der Waals surface area contributed by atoms with Gasteiger partial charge in [-0.15, -0.1) is 0 Å². The average Bonchev–Trinajstić information content (AvgIpc) is 2.37. The number of benzene rings is 1. The van der Waals surface area contributed by atoms with Gasteiger partial charge in [0.25, 0.3) is 5.91 Å². The van der Waals surface area contributed by atoms with Gasteiger partial charge in [-0.25, -0.2) is 0 Å². The Kier molecular flexibility index (Phi) is 6.34. The number of thioether (sulfide) groups is 1. The summed E-state index contributed by atoms with van der Waals surface area (Å²) in [5.41, 5.74) is 7.75. The summed E-state index contributed by atoms with van der Waals surface area (Å²) in [5, 5.41) is 2.89. The highest BCUT2D eigenvalue weighted by Crippen LogP contribution is 2.10.